The summed E-state index contributed by atoms with van der Waals surface area (Å²) in [5, 5.41) is 23.3. The van der Waals surface area contributed by atoms with Crippen LogP contribution in [0.3, 0.4) is 0 Å². The summed E-state index contributed by atoms with van der Waals surface area (Å²) in [4.78, 5) is 17.6. The quantitative estimate of drug-likeness (QED) is 0.376. The van der Waals surface area contributed by atoms with Crippen LogP contribution in [0.5, 0.6) is 5.75 Å². The molecular weight excluding hydrogens is 476 g/mol. The lowest BCUT2D eigenvalue weighted by Crippen LogP contribution is -2.31. The zero-order valence-corrected chi connectivity index (χ0v) is 20.8. The molecule has 1 aliphatic heterocycles. The van der Waals surface area contributed by atoms with Crippen LogP contribution in [0.25, 0.3) is 22.0 Å². The summed E-state index contributed by atoms with van der Waals surface area (Å²) in [5.41, 5.74) is 3.83. The molecule has 1 atom stereocenters. The van der Waals surface area contributed by atoms with Gasteiger partial charge in [0.25, 0.3) is 5.56 Å². The van der Waals surface area contributed by atoms with Crippen molar-refractivity contribution in [1.82, 2.24) is 14.1 Å². The fourth-order valence-corrected chi connectivity index (χ4v) is 5.65. The minimum atomic E-state index is -1.58. The molecule has 1 fully saturated rings. The number of hydrogen-bond donors (Lipinski definition) is 1. The predicted molar refractivity (Wildman–Crippen MR) is 143 cm³/mol. The zero-order valence-electron chi connectivity index (χ0n) is 20.8. The van der Waals surface area contributed by atoms with E-state index in [1.54, 1.807) is 35.3 Å². The van der Waals surface area contributed by atoms with Crippen molar-refractivity contribution in [3.63, 3.8) is 0 Å². The van der Waals surface area contributed by atoms with Gasteiger partial charge < -0.3 is 19.0 Å². The zero-order chi connectivity index (χ0) is 26.0. The molecule has 7 nitrogen and oxygen atoms in total. The Morgan fingerprint density at radius 3 is 2.66 bits per heavy atom. The number of nitriles is 1. The average molecular weight is 501 g/mol. The van der Waals surface area contributed by atoms with E-state index in [1.807, 2.05) is 60.1 Å². The van der Waals surface area contributed by atoms with Gasteiger partial charge in [-0.1, -0.05) is 24.3 Å². The van der Waals surface area contributed by atoms with E-state index >= 15 is 0 Å². The van der Waals surface area contributed by atoms with Crippen LogP contribution in [-0.4, -0.2) is 19.2 Å². The number of aromatic nitrogens is 3. The van der Waals surface area contributed by atoms with Gasteiger partial charge in [0.2, 0.25) is 0 Å². The Labute approximate surface area is 218 Å². The van der Waals surface area contributed by atoms with Crippen molar-refractivity contribution in [2.75, 3.05) is 0 Å². The fourth-order valence-electron chi connectivity index (χ4n) is 5.65. The smallest absolute Gasteiger partial charge is 0.251 e. The fraction of sp³-hybridized carbons (Fsp3) is 0.194. The second-order valence-electron chi connectivity index (χ2n) is 10.1. The minimum Gasteiger partial charge on any atom is -0.489 e. The molecule has 3 aromatic carbocycles. The molecule has 2 aliphatic rings. The van der Waals surface area contributed by atoms with E-state index in [4.69, 9.17) is 4.74 Å². The van der Waals surface area contributed by atoms with Crippen molar-refractivity contribution < 1.29 is 9.84 Å². The van der Waals surface area contributed by atoms with Crippen LogP contribution in [0.4, 0.5) is 0 Å². The standard InChI is InChI=1S/C31H24N4O3/c1-34-18-33-16-29(34)31(37)22-6-5-20(15-32)21(11-22)17-38-25-4-2-3-19(12-25)26-14-30(36)35(24-8-9-24)28-10-7-23(31)13-27(26)28/h2-7,10-14,16,18,24,37H,8-9,17H2,1H3. The first-order chi connectivity index (χ1) is 18.5. The van der Waals surface area contributed by atoms with Gasteiger partial charge in [0.05, 0.1) is 35.4 Å². The van der Waals surface area contributed by atoms with Crippen molar-refractivity contribution >= 4 is 10.9 Å². The number of ether oxygens (including phenoxy) is 1. The molecule has 1 aliphatic carbocycles. The highest BCUT2D eigenvalue weighted by Crippen LogP contribution is 2.42. The average Bonchev–Trinajstić information content (AvgIpc) is 3.68. The third-order valence-electron chi connectivity index (χ3n) is 7.75. The van der Waals surface area contributed by atoms with Crippen LogP contribution in [0.15, 0.2) is 84.0 Å². The number of aliphatic hydroxyl groups is 1. The molecule has 0 spiro atoms. The van der Waals surface area contributed by atoms with E-state index in [-0.39, 0.29) is 18.2 Å². The van der Waals surface area contributed by atoms with E-state index in [0.717, 1.165) is 34.9 Å². The van der Waals surface area contributed by atoms with E-state index in [0.29, 0.717) is 33.7 Å². The molecule has 2 aromatic heterocycles. The van der Waals surface area contributed by atoms with E-state index in [9.17, 15) is 15.2 Å². The first-order valence-electron chi connectivity index (χ1n) is 12.6. The number of hydrogen-bond acceptors (Lipinski definition) is 5. The summed E-state index contributed by atoms with van der Waals surface area (Å²) in [6.07, 6.45) is 5.27. The molecule has 7 heteroatoms. The van der Waals surface area contributed by atoms with Crippen molar-refractivity contribution in [2.24, 2.45) is 7.05 Å². The van der Waals surface area contributed by atoms with Gasteiger partial charge in [-0.2, -0.15) is 5.26 Å². The van der Waals surface area contributed by atoms with Crippen molar-refractivity contribution in [3.8, 4) is 22.9 Å². The van der Waals surface area contributed by atoms with Crippen LogP contribution in [0.2, 0.25) is 0 Å². The Bertz CT molecular complexity index is 1860. The number of fused-ring (bicyclic) bond motifs is 6. The Kier molecular flexibility index (Phi) is 4.84. The Morgan fingerprint density at radius 1 is 1.08 bits per heavy atom. The lowest BCUT2D eigenvalue weighted by molar-refractivity contribution is 0.117. The molecule has 0 radical (unpaired) electrons. The lowest BCUT2D eigenvalue weighted by atomic mass is 9.81. The van der Waals surface area contributed by atoms with Crippen LogP contribution in [0, 0.1) is 11.3 Å². The van der Waals surface area contributed by atoms with Crippen LogP contribution in [-0.2, 0) is 19.3 Å². The number of nitrogens with zero attached hydrogens (tertiary/aromatic N) is 4. The second kappa shape index (κ2) is 8.17. The van der Waals surface area contributed by atoms with Crippen LogP contribution < -0.4 is 10.3 Å². The first-order valence-corrected chi connectivity index (χ1v) is 12.6. The SMILES string of the molecule is Cn1cncc1C1(O)c2ccc(C#N)c(c2)COc2cccc(c2)-c2cc(=O)n(C3CC3)c3ccc1cc23. The highest BCUT2D eigenvalue weighted by molar-refractivity contribution is 5.95. The van der Waals surface area contributed by atoms with E-state index in [2.05, 4.69) is 11.1 Å². The molecule has 7 rings (SSSR count). The third-order valence-corrected chi connectivity index (χ3v) is 7.75. The van der Waals surface area contributed by atoms with Gasteiger partial charge in [-0.05, 0) is 71.5 Å². The molecule has 0 amide bonds. The molecule has 1 saturated carbocycles. The molecule has 186 valence electrons. The van der Waals surface area contributed by atoms with Gasteiger partial charge in [0.15, 0.2) is 5.60 Å². The van der Waals surface area contributed by atoms with Gasteiger partial charge in [-0.3, -0.25) is 4.79 Å². The van der Waals surface area contributed by atoms with E-state index < -0.39 is 5.60 Å². The summed E-state index contributed by atoms with van der Waals surface area (Å²) in [6.45, 7) is 0.151. The Morgan fingerprint density at radius 2 is 1.89 bits per heavy atom. The Hall–Kier alpha value is -4.67. The van der Waals surface area contributed by atoms with Gasteiger partial charge in [0, 0.05) is 30.1 Å². The molecule has 6 bridgehead atoms. The summed E-state index contributed by atoms with van der Waals surface area (Å²) in [6, 6.07) is 22.9. The molecule has 38 heavy (non-hydrogen) atoms. The van der Waals surface area contributed by atoms with Gasteiger partial charge in [-0.15, -0.1) is 0 Å². The van der Waals surface area contributed by atoms with Crippen LogP contribution in [0.1, 0.15) is 46.8 Å². The molecule has 1 unspecified atom stereocenters. The normalized spacial score (nSPS) is 18.2. The highest BCUT2D eigenvalue weighted by Gasteiger charge is 2.38. The summed E-state index contributed by atoms with van der Waals surface area (Å²) >= 11 is 0. The number of benzene rings is 3. The monoisotopic (exact) mass is 500 g/mol. The Balaban J connectivity index is 1.61. The van der Waals surface area contributed by atoms with Crippen molar-refractivity contribution in [2.45, 2.75) is 31.1 Å². The number of rotatable bonds is 2. The van der Waals surface area contributed by atoms with Crippen molar-refractivity contribution in [3.05, 3.63) is 118 Å². The van der Waals surface area contributed by atoms with Crippen molar-refractivity contribution in [1.29, 1.82) is 5.26 Å². The van der Waals surface area contributed by atoms with Crippen LogP contribution >= 0.6 is 0 Å². The third kappa shape index (κ3) is 3.31. The summed E-state index contributed by atoms with van der Waals surface area (Å²) < 4.78 is 9.82. The first kappa shape index (κ1) is 22.5. The largest absolute Gasteiger partial charge is 0.489 e. The predicted octanol–water partition coefficient (Wildman–Crippen LogP) is 4.79. The molecule has 5 aromatic rings. The molecular formula is C31H24N4O3. The number of pyridine rings is 1. The summed E-state index contributed by atoms with van der Waals surface area (Å²) in [5.74, 6) is 0.633. The number of imidazole rings is 1. The minimum absolute atomic E-state index is 0.0365. The van der Waals surface area contributed by atoms with E-state index in [1.165, 1.54) is 0 Å². The maximum Gasteiger partial charge on any atom is 0.251 e. The molecule has 1 N–H and O–H groups in total. The van der Waals surface area contributed by atoms with Gasteiger partial charge >= 0.3 is 0 Å². The van der Waals surface area contributed by atoms with Gasteiger partial charge in [-0.25, -0.2) is 4.98 Å². The topological polar surface area (TPSA) is 93.1 Å². The summed E-state index contributed by atoms with van der Waals surface area (Å²) in [7, 11) is 1.84. The van der Waals surface area contributed by atoms with Gasteiger partial charge in [0.1, 0.15) is 12.4 Å². The highest BCUT2D eigenvalue weighted by atomic mass is 16.5. The molecule has 3 heterocycles. The maximum atomic E-state index is 13.3. The second-order valence-corrected chi connectivity index (χ2v) is 10.1. The lowest BCUT2D eigenvalue weighted by Gasteiger charge is -2.31. The maximum absolute atomic E-state index is 13.3. The molecule has 0 saturated heterocycles. The number of aryl methyl sites for hydroxylation is 1.